The lowest BCUT2D eigenvalue weighted by molar-refractivity contribution is 0.566. The van der Waals surface area contributed by atoms with Crippen molar-refractivity contribution in [3.8, 4) is 0 Å². The Bertz CT molecular complexity index is 137. The molecule has 0 amide bonds. The Morgan fingerprint density at radius 3 is 2.17 bits per heavy atom. The molecule has 0 aliphatic heterocycles. The summed E-state index contributed by atoms with van der Waals surface area (Å²) >= 11 is 0. The van der Waals surface area contributed by atoms with Gasteiger partial charge in [0.1, 0.15) is 0 Å². The number of nitrogens with one attached hydrogen (secondary N) is 1. The lowest BCUT2D eigenvalue weighted by Gasteiger charge is -2.09. The van der Waals surface area contributed by atoms with Crippen LogP contribution < -0.4 is 5.43 Å². The minimum Gasteiger partial charge on any atom is -0.310 e. The number of nitrogens with zero attached hydrogens (tertiary/aromatic N) is 1. The van der Waals surface area contributed by atoms with Crippen molar-refractivity contribution in [2.45, 2.75) is 41.0 Å². The van der Waals surface area contributed by atoms with Gasteiger partial charge in [0.2, 0.25) is 0 Å². The first kappa shape index (κ1) is 11.5. The van der Waals surface area contributed by atoms with E-state index in [1.54, 1.807) is 0 Å². The van der Waals surface area contributed by atoms with E-state index < -0.39 is 0 Å². The van der Waals surface area contributed by atoms with Crippen LogP contribution in [0.15, 0.2) is 5.10 Å². The normalized spacial score (nSPS) is 12.8. The van der Waals surface area contributed by atoms with Crippen LogP contribution in [0.4, 0.5) is 0 Å². The van der Waals surface area contributed by atoms with Crippen LogP contribution in [0.3, 0.4) is 0 Å². The van der Waals surface area contributed by atoms with Crippen molar-refractivity contribution in [1.82, 2.24) is 5.43 Å². The molecule has 2 nitrogen and oxygen atoms in total. The van der Waals surface area contributed by atoms with Crippen molar-refractivity contribution < 1.29 is 0 Å². The third-order valence-electron chi connectivity index (χ3n) is 1.75. The summed E-state index contributed by atoms with van der Waals surface area (Å²) in [6, 6.07) is 0. The Hall–Kier alpha value is -0.530. The Morgan fingerprint density at radius 1 is 1.25 bits per heavy atom. The molecule has 0 saturated carbocycles. The molecule has 0 aliphatic rings. The quantitative estimate of drug-likeness (QED) is 0.498. The van der Waals surface area contributed by atoms with E-state index in [1.165, 1.54) is 5.71 Å². The maximum Gasteiger partial charge on any atom is 0.0400 e. The highest BCUT2D eigenvalue weighted by atomic mass is 15.3. The van der Waals surface area contributed by atoms with Crippen molar-refractivity contribution in [2.24, 2.45) is 16.9 Å². The Morgan fingerprint density at radius 2 is 1.83 bits per heavy atom. The van der Waals surface area contributed by atoms with Crippen LogP contribution in [0.1, 0.15) is 41.0 Å². The molecule has 0 aliphatic carbocycles. The molecular formula is C10H22N2. The number of hydrogen-bond acceptors (Lipinski definition) is 2. The molecule has 0 aromatic carbocycles. The van der Waals surface area contributed by atoms with Gasteiger partial charge in [-0.2, -0.15) is 5.10 Å². The van der Waals surface area contributed by atoms with E-state index in [9.17, 15) is 0 Å². The summed E-state index contributed by atoms with van der Waals surface area (Å²) in [5, 5.41) is 4.35. The summed E-state index contributed by atoms with van der Waals surface area (Å²) in [6.45, 7) is 11.8. The van der Waals surface area contributed by atoms with E-state index in [0.717, 1.165) is 13.0 Å². The van der Waals surface area contributed by atoms with Gasteiger partial charge in [-0.05, 0) is 18.3 Å². The largest absolute Gasteiger partial charge is 0.310 e. The van der Waals surface area contributed by atoms with Crippen molar-refractivity contribution in [2.75, 3.05) is 6.54 Å². The second-order valence-corrected chi connectivity index (χ2v) is 3.87. The highest BCUT2D eigenvalue weighted by Crippen LogP contribution is 2.00. The van der Waals surface area contributed by atoms with Gasteiger partial charge in [0, 0.05) is 12.3 Å². The van der Waals surface area contributed by atoms with E-state index in [2.05, 4.69) is 45.1 Å². The molecule has 0 bridgehead atoms. The maximum atomic E-state index is 4.35. The first-order chi connectivity index (χ1) is 5.57. The van der Waals surface area contributed by atoms with E-state index in [-0.39, 0.29) is 0 Å². The summed E-state index contributed by atoms with van der Waals surface area (Å²) < 4.78 is 0. The smallest absolute Gasteiger partial charge is 0.0400 e. The molecule has 0 fully saturated rings. The molecule has 0 radical (unpaired) electrons. The highest BCUT2D eigenvalue weighted by Gasteiger charge is 2.01. The Labute approximate surface area is 76.4 Å². The lowest BCUT2D eigenvalue weighted by atomic mass is 10.1. The number of hydrogen-bond donors (Lipinski definition) is 1. The summed E-state index contributed by atoms with van der Waals surface area (Å²) in [5.41, 5.74) is 4.36. The van der Waals surface area contributed by atoms with Gasteiger partial charge in [0.15, 0.2) is 0 Å². The van der Waals surface area contributed by atoms with Crippen LogP contribution in [-0.4, -0.2) is 12.3 Å². The van der Waals surface area contributed by atoms with E-state index in [4.69, 9.17) is 0 Å². The van der Waals surface area contributed by atoms with Crippen molar-refractivity contribution >= 4 is 5.71 Å². The van der Waals surface area contributed by atoms with Gasteiger partial charge in [-0.1, -0.05) is 34.6 Å². The van der Waals surface area contributed by atoms with Crippen molar-refractivity contribution in [1.29, 1.82) is 0 Å². The first-order valence-electron chi connectivity index (χ1n) is 4.87. The fraction of sp³-hybridized carbons (Fsp3) is 0.900. The van der Waals surface area contributed by atoms with E-state index in [1.807, 2.05) is 0 Å². The lowest BCUT2D eigenvalue weighted by Crippen LogP contribution is -2.18. The van der Waals surface area contributed by atoms with Gasteiger partial charge in [-0.25, -0.2) is 0 Å². The summed E-state index contributed by atoms with van der Waals surface area (Å²) in [5.74, 6) is 1.23. The number of rotatable bonds is 5. The average molecular weight is 170 g/mol. The highest BCUT2D eigenvalue weighted by molar-refractivity contribution is 5.85. The molecule has 1 N–H and O–H groups in total. The fourth-order valence-corrected chi connectivity index (χ4v) is 0.946. The van der Waals surface area contributed by atoms with E-state index in [0.29, 0.717) is 11.8 Å². The molecule has 0 aromatic heterocycles. The molecular weight excluding hydrogens is 148 g/mol. The monoisotopic (exact) mass is 170 g/mol. The molecule has 12 heavy (non-hydrogen) atoms. The fourth-order valence-electron chi connectivity index (χ4n) is 0.946. The van der Waals surface area contributed by atoms with Crippen LogP contribution in [0.25, 0.3) is 0 Å². The molecule has 0 rings (SSSR count). The second kappa shape index (κ2) is 6.04. The third kappa shape index (κ3) is 5.16. The van der Waals surface area contributed by atoms with Gasteiger partial charge in [0.25, 0.3) is 0 Å². The Balaban J connectivity index is 3.78. The SMILES string of the molecule is CC/C(=N/NCC(C)C)C(C)C. The molecule has 0 unspecified atom stereocenters. The topological polar surface area (TPSA) is 24.4 Å². The van der Waals surface area contributed by atoms with Gasteiger partial charge in [0.05, 0.1) is 0 Å². The molecule has 0 atom stereocenters. The van der Waals surface area contributed by atoms with Gasteiger partial charge in [-0.15, -0.1) is 0 Å². The zero-order valence-electron chi connectivity index (χ0n) is 9.02. The summed E-state index contributed by atoms with van der Waals surface area (Å²) in [7, 11) is 0. The van der Waals surface area contributed by atoms with E-state index >= 15 is 0 Å². The van der Waals surface area contributed by atoms with Crippen molar-refractivity contribution in [3.05, 3.63) is 0 Å². The number of hydrazone groups is 1. The zero-order chi connectivity index (χ0) is 9.56. The van der Waals surface area contributed by atoms with Gasteiger partial charge < -0.3 is 5.43 Å². The minimum absolute atomic E-state index is 0.565. The second-order valence-electron chi connectivity index (χ2n) is 3.87. The molecule has 0 heterocycles. The predicted molar refractivity (Wildman–Crippen MR) is 55.4 cm³/mol. The maximum absolute atomic E-state index is 4.35. The van der Waals surface area contributed by atoms with Crippen LogP contribution in [0.5, 0.6) is 0 Å². The van der Waals surface area contributed by atoms with Crippen LogP contribution >= 0.6 is 0 Å². The van der Waals surface area contributed by atoms with Crippen LogP contribution in [0, 0.1) is 11.8 Å². The molecule has 72 valence electrons. The molecule has 2 heteroatoms. The third-order valence-corrected chi connectivity index (χ3v) is 1.75. The first-order valence-corrected chi connectivity index (χ1v) is 4.87. The molecule has 0 spiro atoms. The van der Waals surface area contributed by atoms with Crippen molar-refractivity contribution in [3.63, 3.8) is 0 Å². The minimum atomic E-state index is 0.565. The standard InChI is InChI=1S/C10H22N2/c1-6-10(9(4)5)12-11-7-8(2)3/h8-9,11H,6-7H2,1-5H3/b12-10-. The predicted octanol–water partition coefficient (Wildman–Crippen LogP) is 2.65. The van der Waals surface area contributed by atoms with Gasteiger partial charge >= 0.3 is 0 Å². The zero-order valence-corrected chi connectivity index (χ0v) is 9.02. The molecule has 0 aromatic rings. The average Bonchev–Trinajstić information content (AvgIpc) is 1.96. The van der Waals surface area contributed by atoms with Gasteiger partial charge in [-0.3, -0.25) is 0 Å². The molecule has 0 saturated heterocycles. The summed E-state index contributed by atoms with van der Waals surface area (Å²) in [6.07, 6.45) is 1.04. The van der Waals surface area contributed by atoms with Crippen LogP contribution in [-0.2, 0) is 0 Å². The Kier molecular flexibility index (Phi) is 5.77. The van der Waals surface area contributed by atoms with Crippen LogP contribution in [0.2, 0.25) is 0 Å². The summed E-state index contributed by atoms with van der Waals surface area (Å²) in [4.78, 5) is 0.